The highest BCUT2D eigenvalue weighted by molar-refractivity contribution is 7.80. The third kappa shape index (κ3) is 4.32. The molecule has 2 aromatic rings. The zero-order valence-corrected chi connectivity index (χ0v) is 13.4. The maximum Gasteiger partial charge on any atom is 0.369 e. The van der Waals surface area contributed by atoms with Gasteiger partial charge in [-0.05, 0) is 18.2 Å². The predicted octanol–water partition coefficient (Wildman–Crippen LogP) is -0.519. The highest BCUT2D eigenvalue weighted by Crippen LogP contribution is 2.15. The summed E-state index contributed by atoms with van der Waals surface area (Å²) in [6, 6.07) is 9.04. The Labute approximate surface area is 146 Å². The minimum atomic E-state index is -3.06. The summed E-state index contributed by atoms with van der Waals surface area (Å²) in [6.07, 6.45) is 0.161. The SMILES string of the molecule is O=C(O)[C@@H](O)[C@@](O)(NC(=S)c1ccccn1)C(=O)Oc1ccccn1. The lowest BCUT2D eigenvalue weighted by Gasteiger charge is -2.29. The number of carboxylic acid groups (broad SMARTS) is 1. The molecule has 0 aliphatic carbocycles. The molecule has 0 spiro atoms. The van der Waals surface area contributed by atoms with E-state index in [1.165, 1.54) is 30.6 Å². The number of carbonyl (C=O) groups is 2. The fraction of sp³-hybridized carbons (Fsp3) is 0.133. The number of pyridine rings is 2. The van der Waals surface area contributed by atoms with E-state index >= 15 is 0 Å². The van der Waals surface area contributed by atoms with Crippen LogP contribution in [0.3, 0.4) is 0 Å². The third-order valence-electron chi connectivity index (χ3n) is 2.98. The van der Waals surface area contributed by atoms with Gasteiger partial charge in [0.25, 0.3) is 5.72 Å². The van der Waals surface area contributed by atoms with Crippen LogP contribution in [0.5, 0.6) is 5.88 Å². The Kier molecular flexibility index (Phi) is 5.70. The molecule has 2 aromatic heterocycles. The van der Waals surface area contributed by atoms with E-state index < -0.39 is 23.8 Å². The minimum absolute atomic E-state index is 0.152. The molecule has 0 amide bonds. The molecule has 0 aromatic carbocycles. The van der Waals surface area contributed by atoms with Crippen LogP contribution in [0.1, 0.15) is 5.69 Å². The molecule has 0 saturated carbocycles. The molecule has 130 valence electrons. The zero-order chi connectivity index (χ0) is 18.4. The van der Waals surface area contributed by atoms with Crippen LogP contribution < -0.4 is 10.1 Å². The molecule has 10 heteroatoms. The van der Waals surface area contributed by atoms with Gasteiger partial charge in [0, 0.05) is 18.5 Å². The first-order valence-corrected chi connectivity index (χ1v) is 7.25. The normalized spacial score (nSPS) is 14.0. The molecule has 0 aliphatic rings. The van der Waals surface area contributed by atoms with Gasteiger partial charge in [0.1, 0.15) is 4.99 Å². The van der Waals surface area contributed by atoms with Crippen LogP contribution in [-0.2, 0) is 9.59 Å². The van der Waals surface area contributed by atoms with E-state index in [0.717, 1.165) is 0 Å². The van der Waals surface area contributed by atoms with Gasteiger partial charge in [-0.3, -0.25) is 4.98 Å². The number of aliphatic carboxylic acids is 1. The van der Waals surface area contributed by atoms with Crippen molar-refractivity contribution in [3.8, 4) is 5.88 Å². The first kappa shape index (κ1) is 18.4. The van der Waals surface area contributed by atoms with E-state index in [4.69, 9.17) is 22.1 Å². The number of rotatable bonds is 6. The van der Waals surface area contributed by atoms with Crippen molar-refractivity contribution in [2.75, 3.05) is 0 Å². The number of aliphatic hydroxyl groups is 2. The summed E-state index contributed by atoms with van der Waals surface area (Å²) in [4.78, 5) is 30.7. The molecule has 0 radical (unpaired) electrons. The van der Waals surface area contributed by atoms with Crippen LogP contribution in [-0.4, -0.2) is 54.0 Å². The van der Waals surface area contributed by atoms with Crippen molar-refractivity contribution in [1.29, 1.82) is 0 Å². The first-order chi connectivity index (χ1) is 11.8. The van der Waals surface area contributed by atoms with Gasteiger partial charge in [0.15, 0.2) is 0 Å². The number of carboxylic acids is 1. The minimum Gasteiger partial charge on any atom is -0.479 e. The van der Waals surface area contributed by atoms with E-state index in [-0.39, 0.29) is 16.6 Å². The van der Waals surface area contributed by atoms with Crippen LogP contribution in [0.15, 0.2) is 48.8 Å². The molecule has 0 aliphatic heterocycles. The number of nitrogens with one attached hydrogen (secondary N) is 1. The Balaban J connectivity index is 2.28. The highest BCUT2D eigenvalue weighted by Gasteiger charge is 2.50. The van der Waals surface area contributed by atoms with Crippen LogP contribution in [0.25, 0.3) is 0 Å². The van der Waals surface area contributed by atoms with Gasteiger partial charge in [-0.25, -0.2) is 14.6 Å². The van der Waals surface area contributed by atoms with E-state index in [0.29, 0.717) is 0 Å². The van der Waals surface area contributed by atoms with Gasteiger partial charge in [-0.1, -0.05) is 24.4 Å². The molecule has 4 N–H and O–H groups in total. The van der Waals surface area contributed by atoms with E-state index in [9.17, 15) is 19.8 Å². The fourth-order valence-electron chi connectivity index (χ4n) is 1.72. The predicted molar refractivity (Wildman–Crippen MR) is 87.5 cm³/mol. The Hall–Kier alpha value is -2.95. The van der Waals surface area contributed by atoms with Crippen molar-refractivity contribution < 1.29 is 29.6 Å². The topological polar surface area (TPSA) is 142 Å². The molecule has 0 fully saturated rings. The number of ether oxygens (including phenoxy) is 1. The lowest BCUT2D eigenvalue weighted by atomic mass is 10.1. The highest BCUT2D eigenvalue weighted by atomic mass is 32.1. The number of carbonyl (C=O) groups excluding carboxylic acids is 1. The van der Waals surface area contributed by atoms with Gasteiger partial charge in [0.05, 0.1) is 5.69 Å². The Morgan fingerprint density at radius 2 is 1.80 bits per heavy atom. The van der Waals surface area contributed by atoms with Crippen LogP contribution in [0, 0.1) is 0 Å². The zero-order valence-electron chi connectivity index (χ0n) is 12.6. The van der Waals surface area contributed by atoms with Crippen LogP contribution in [0.4, 0.5) is 0 Å². The summed E-state index contributed by atoms with van der Waals surface area (Å²) < 4.78 is 4.82. The second-order valence-corrected chi connectivity index (χ2v) is 5.14. The number of hydrogen-bond acceptors (Lipinski definition) is 8. The smallest absolute Gasteiger partial charge is 0.369 e. The molecule has 2 rings (SSSR count). The second-order valence-electron chi connectivity index (χ2n) is 4.73. The lowest BCUT2D eigenvalue weighted by molar-refractivity contribution is -0.183. The Morgan fingerprint density at radius 3 is 2.32 bits per heavy atom. The number of nitrogens with zero attached hydrogens (tertiary/aromatic N) is 2. The lowest BCUT2D eigenvalue weighted by Crippen LogP contribution is -2.65. The molecule has 0 unspecified atom stereocenters. The molecule has 0 saturated heterocycles. The molecule has 25 heavy (non-hydrogen) atoms. The number of aliphatic hydroxyl groups excluding tert-OH is 1. The fourth-order valence-corrected chi connectivity index (χ4v) is 2.00. The van der Waals surface area contributed by atoms with Crippen LogP contribution in [0.2, 0.25) is 0 Å². The van der Waals surface area contributed by atoms with Crippen LogP contribution >= 0.6 is 12.2 Å². The van der Waals surface area contributed by atoms with Gasteiger partial charge in [-0.2, -0.15) is 0 Å². The quantitative estimate of drug-likeness (QED) is 0.301. The standard InChI is InChI=1S/C15H13N3O6S/c19-11(13(20)21)15(23,14(22)24-10-6-2-4-8-17-10)18-12(25)9-5-1-3-7-16-9/h1-8,11,19,23H,(H,18,25)(H,20,21)/t11-,15+/m1/s1. The summed E-state index contributed by atoms with van der Waals surface area (Å²) in [5, 5.41) is 31.3. The van der Waals surface area contributed by atoms with E-state index in [1.54, 1.807) is 18.2 Å². The second kappa shape index (κ2) is 7.75. The first-order valence-electron chi connectivity index (χ1n) is 6.84. The number of esters is 1. The Bertz CT molecular complexity index is 773. The maximum absolute atomic E-state index is 12.3. The van der Waals surface area contributed by atoms with Crippen molar-refractivity contribution in [2.45, 2.75) is 11.8 Å². The number of aromatic nitrogens is 2. The molecule has 9 nitrogen and oxygen atoms in total. The third-order valence-corrected chi connectivity index (χ3v) is 3.29. The van der Waals surface area contributed by atoms with Crippen molar-refractivity contribution in [3.05, 3.63) is 54.5 Å². The van der Waals surface area contributed by atoms with Crippen molar-refractivity contribution >= 4 is 29.1 Å². The van der Waals surface area contributed by atoms with Crippen molar-refractivity contribution in [3.63, 3.8) is 0 Å². The van der Waals surface area contributed by atoms with Gasteiger partial charge >= 0.3 is 11.9 Å². The number of thiocarbonyl (C=S) groups is 1. The summed E-state index contributed by atoms with van der Waals surface area (Å²) in [5.41, 5.74) is -2.91. The molecule has 0 bridgehead atoms. The maximum atomic E-state index is 12.3. The van der Waals surface area contributed by atoms with Crippen molar-refractivity contribution in [1.82, 2.24) is 15.3 Å². The van der Waals surface area contributed by atoms with Gasteiger partial charge in [-0.15, -0.1) is 0 Å². The average Bonchev–Trinajstić information content (AvgIpc) is 2.62. The molecular weight excluding hydrogens is 350 g/mol. The largest absolute Gasteiger partial charge is 0.479 e. The average molecular weight is 363 g/mol. The summed E-state index contributed by atoms with van der Waals surface area (Å²) >= 11 is 5.00. The molecule has 2 heterocycles. The van der Waals surface area contributed by atoms with E-state index in [2.05, 4.69) is 15.3 Å². The molecule has 2 atom stereocenters. The van der Waals surface area contributed by atoms with Gasteiger partial charge in [0.2, 0.25) is 12.0 Å². The Morgan fingerprint density at radius 1 is 1.16 bits per heavy atom. The summed E-state index contributed by atoms with van der Waals surface area (Å²) in [7, 11) is 0. The summed E-state index contributed by atoms with van der Waals surface area (Å²) in [5.74, 6) is -3.56. The van der Waals surface area contributed by atoms with Crippen molar-refractivity contribution in [2.24, 2.45) is 0 Å². The van der Waals surface area contributed by atoms with Gasteiger partial charge < -0.3 is 25.4 Å². The number of hydrogen-bond donors (Lipinski definition) is 4. The summed E-state index contributed by atoms with van der Waals surface area (Å²) in [6.45, 7) is 0. The monoisotopic (exact) mass is 363 g/mol. The van der Waals surface area contributed by atoms with E-state index in [1.807, 2.05) is 0 Å². The molecular formula is C15H13N3O6S.